The predicted octanol–water partition coefficient (Wildman–Crippen LogP) is 7.41. The Balaban J connectivity index is 1.45. The molecule has 4 aromatic rings. The van der Waals surface area contributed by atoms with Crippen molar-refractivity contribution in [2.45, 2.75) is 26.4 Å². The van der Waals surface area contributed by atoms with Crippen LogP contribution in [0.15, 0.2) is 72.8 Å². The maximum atomic E-state index is 13.9. The van der Waals surface area contributed by atoms with Crippen molar-refractivity contribution >= 4 is 17.0 Å². The number of unbranched alkanes of at least 4 members (excludes halogenated alkanes) is 1. The number of fused-ring (bicyclic) bond motifs is 1. The fraction of sp³-hybridized carbons (Fsp3) is 0.179. The highest BCUT2D eigenvalue weighted by molar-refractivity contribution is 5.88. The van der Waals surface area contributed by atoms with Crippen LogP contribution in [0, 0.1) is 24.4 Å². The van der Waals surface area contributed by atoms with Gasteiger partial charge in [-0.2, -0.15) is 0 Å². The molecule has 3 aromatic carbocycles. The molecule has 1 heterocycles. The topological polar surface area (TPSA) is 31.4 Å². The quantitative estimate of drug-likeness (QED) is 0.242. The second kappa shape index (κ2) is 10.9. The van der Waals surface area contributed by atoms with Crippen LogP contribution in [0.1, 0.15) is 29.7 Å². The summed E-state index contributed by atoms with van der Waals surface area (Å²) in [6.07, 6.45) is 5.16. The standard InChI is InChI=1S/C28H24F3NO2/c1-19-25(10-6-3-7-15-33-27-14-12-22(30)17-24(27)31)32-26-13-11-21(29)16-23(26)28(19)34-18-20-8-4-2-5-9-20/h2,4-6,8-14,16-17H,3,7,15,18H2,1H3/b10-6+. The molecule has 0 saturated heterocycles. The van der Waals surface area contributed by atoms with E-state index < -0.39 is 11.6 Å². The molecule has 34 heavy (non-hydrogen) atoms. The lowest BCUT2D eigenvalue weighted by Gasteiger charge is -2.14. The monoisotopic (exact) mass is 463 g/mol. The lowest BCUT2D eigenvalue weighted by atomic mass is 10.1. The first-order valence-electron chi connectivity index (χ1n) is 11.0. The van der Waals surface area contributed by atoms with Crippen molar-refractivity contribution in [3.63, 3.8) is 0 Å². The van der Waals surface area contributed by atoms with Gasteiger partial charge in [-0.05, 0) is 61.7 Å². The fourth-order valence-corrected chi connectivity index (χ4v) is 3.57. The van der Waals surface area contributed by atoms with Crippen LogP contribution in [0.4, 0.5) is 13.2 Å². The Kier molecular flexibility index (Phi) is 7.48. The Morgan fingerprint density at radius 2 is 1.65 bits per heavy atom. The normalized spacial score (nSPS) is 11.3. The molecule has 0 radical (unpaired) electrons. The maximum Gasteiger partial charge on any atom is 0.167 e. The molecule has 0 aliphatic heterocycles. The van der Waals surface area contributed by atoms with Gasteiger partial charge in [-0.1, -0.05) is 36.4 Å². The third kappa shape index (κ3) is 5.76. The number of benzene rings is 3. The van der Waals surface area contributed by atoms with Crippen molar-refractivity contribution in [3.05, 3.63) is 107 Å². The highest BCUT2D eigenvalue weighted by Crippen LogP contribution is 2.32. The van der Waals surface area contributed by atoms with Crippen molar-refractivity contribution in [3.8, 4) is 11.5 Å². The average Bonchev–Trinajstić information content (AvgIpc) is 2.83. The van der Waals surface area contributed by atoms with E-state index in [0.29, 0.717) is 42.7 Å². The molecule has 0 N–H and O–H groups in total. The number of halogens is 3. The first kappa shape index (κ1) is 23.4. The SMILES string of the molecule is Cc1c(/C=C/CCCOc2ccc(F)cc2F)nc2ccc(F)cc2c1OCc1ccccc1. The van der Waals surface area contributed by atoms with Crippen LogP contribution in [0.25, 0.3) is 17.0 Å². The van der Waals surface area contributed by atoms with Gasteiger partial charge in [0.1, 0.15) is 24.0 Å². The van der Waals surface area contributed by atoms with E-state index in [0.717, 1.165) is 29.0 Å². The zero-order valence-corrected chi connectivity index (χ0v) is 18.7. The summed E-state index contributed by atoms with van der Waals surface area (Å²) in [4.78, 5) is 4.67. The first-order chi connectivity index (χ1) is 16.5. The summed E-state index contributed by atoms with van der Waals surface area (Å²) in [6, 6.07) is 17.5. The summed E-state index contributed by atoms with van der Waals surface area (Å²) in [6.45, 7) is 2.55. The minimum atomic E-state index is -0.717. The van der Waals surface area contributed by atoms with Crippen LogP contribution in [0.2, 0.25) is 0 Å². The molecular weight excluding hydrogens is 439 g/mol. The molecule has 174 valence electrons. The van der Waals surface area contributed by atoms with E-state index in [1.54, 1.807) is 6.07 Å². The van der Waals surface area contributed by atoms with Crippen molar-refractivity contribution in [1.29, 1.82) is 0 Å². The lowest BCUT2D eigenvalue weighted by molar-refractivity contribution is 0.295. The van der Waals surface area contributed by atoms with Crippen LogP contribution in [0.3, 0.4) is 0 Å². The highest BCUT2D eigenvalue weighted by Gasteiger charge is 2.13. The van der Waals surface area contributed by atoms with Gasteiger partial charge in [0, 0.05) is 17.0 Å². The van der Waals surface area contributed by atoms with Gasteiger partial charge < -0.3 is 9.47 Å². The molecule has 0 fully saturated rings. The molecule has 0 unspecified atom stereocenters. The van der Waals surface area contributed by atoms with Crippen LogP contribution >= 0.6 is 0 Å². The number of ether oxygens (including phenoxy) is 2. The van der Waals surface area contributed by atoms with Gasteiger partial charge in [0.15, 0.2) is 11.6 Å². The van der Waals surface area contributed by atoms with Gasteiger partial charge in [-0.15, -0.1) is 0 Å². The van der Waals surface area contributed by atoms with E-state index >= 15 is 0 Å². The second-order valence-corrected chi connectivity index (χ2v) is 7.85. The smallest absolute Gasteiger partial charge is 0.167 e. The molecular formula is C28H24F3NO2. The number of hydrogen-bond acceptors (Lipinski definition) is 3. The lowest BCUT2D eigenvalue weighted by Crippen LogP contribution is -2.01. The number of aromatic nitrogens is 1. The number of nitrogens with zero attached hydrogens (tertiary/aromatic N) is 1. The predicted molar refractivity (Wildman–Crippen MR) is 127 cm³/mol. The summed E-state index contributed by atoms with van der Waals surface area (Å²) >= 11 is 0. The van der Waals surface area contributed by atoms with Crippen molar-refractivity contribution in [1.82, 2.24) is 4.98 Å². The Hall–Kier alpha value is -3.80. The molecule has 4 rings (SSSR count). The number of allylic oxidation sites excluding steroid dienone is 1. The largest absolute Gasteiger partial charge is 0.491 e. The Labute approximate surface area is 196 Å². The number of hydrogen-bond donors (Lipinski definition) is 0. The molecule has 1 aromatic heterocycles. The van der Waals surface area contributed by atoms with Crippen LogP contribution in [-0.4, -0.2) is 11.6 Å². The van der Waals surface area contributed by atoms with Crippen molar-refractivity contribution in [2.75, 3.05) is 6.61 Å². The van der Waals surface area contributed by atoms with Crippen molar-refractivity contribution < 1.29 is 22.6 Å². The third-order valence-corrected chi connectivity index (χ3v) is 5.34. The van der Waals surface area contributed by atoms with E-state index in [1.165, 1.54) is 18.2 Å². The summed E-state index contributed by atoms with van der Waals surface area (Å²) < 4.78 is 52.1. The molecule has 0 aliphatic carbocycles. The van der Waals surface area contributed by atoms with Gasteiger partial charge in [0.2, 0.25) is 0 Å². The van der Waals surface area contributed by atoms with E-state index in [1.807, 2.05) is 49.4 Å². The van der Waals surface area contributed by atoms with Gasteiger partial charge >= 0.3 is 0 Å². The van der Waals surface area contributed by atoms with Gasteiger partial charge in [0.05, 0.1) is 17.8 Å². The molecule has 3 nitrogen and oxygen atoms in total. The fourth-order valence-electron chi connectivity index (χ4n) is 3.57. The first-order valence-corrected chi connectivity index (χ1v) is 11.0. The van der Waals surface area contributed by atoms with Crippen LogP contribution < -0.4 is 9.47 Å². The molecule has 0 spiro atoms. The minimum Gasteiger partial charge on any atom is -0.491 e. The van der Waals surface area contributed by atoms with Crippen LogP contribution in [-0.2, 0) is 6.61 Å². The zero-order valence-electron chi connectivity index (χ0n) is 18.7. The molecule has 6 heteroatoms. The second-order valence-electron chi connectivity index (χ2n) is 7.85. The Morgan fingerprint density at radius 3 is 2.44 bits per heavy atom. The zero-order chi connectivity index (χ0) is 23.9. The molecule has 0 bridgehead atoms. The van der Waals surface area contributed by atoms with E-state index in [2.05, 4.69) is 4.98 Å². The van der Waals surface area contributed by atoms with Gasteiger partial charge in [0.25, 0.3) is 0 Å². The van der Waals surface area contributed by atoms with Gasteiger partial charge in [-0.25, -0.2) is 18.2 Å². The van der Waals surface area contributed by atoms with Crippen LogP contribution in [0.5, 0.6) is 11.5 Å². The third-order valence-electron chi connectivity index (χ3n) is 5.34. The molecule has 0 aliphatic rings. The number of pyridine rings is 1. The minimum absolute atomic E-state index is 0.0323. The van der Waals surface area contributed by atoms with Crippen molar-refractivity contribution in [2.24, 2.45) is 0 Å². The van der Waals surface area contributed by atoms with E-state index in [4.69, 9.17) is 9.47 Å². The Morgan fingerprint density at radius 1 is 0.882 bits per heavy atom. The summed E-state index contributed by atoms with van der Waals surface area (Å²) in [5, 5.41) is 0.625. The maximum absolute atomic E-state index is 13.9. The molecule has 0 amide bonds. The average molecular weight is 463 g/mol. The van der Waals surface area contributed by atoms with E-state index in [-0.39, 0.29) is 11.6 Å². The summed E-state index contributed by atoms with van der Waals surface area (Å²) in [5.41, 5.74) is 3.20. The van der Waals surface area contributed by atoms with E-state index in [9.17, 15) is 13.2 Å². The Bertz CT molecular complexity index is 1310. The summed E-state index contributed by atoms with van der Waals surface area (Å²) in [5.74, 6) is -1.07. The molecule has 0 atom stereocenters. The summed E-state index contributed by atoms with van der Waals surface area (Å²) in [7, 11) is 0. The highest BCUT2D eigenvalue weighted by atomic mass is 19.1. The molecule has 0 saturated carbocycles. The number of rotatable bonds is 9. The van der Waals surface area contributed by atoms with Gasteiger partial charge in [-0.3, -0.25) is 0 Å².